The second kappa shape index (κ2) is 10.4. The van der Waals surface area contributed by atoms with Crippen LogP contribution in [0.25, 0.3) is 0 Å². The van der Waals surface area contributed by atoms with Crippen LogP contribution in [0.1, 0.15) is 39.0 Å². The number of ether oxygens (including phenoxy) is 1. The molecule has 0 aromatic carbocycles. The number of guanidine groups is 1. The molecule has 2 N–H and O–H groups in total. The zero-order valence-corrected chi connectivity index (χ0v) is 18.1. The number of rotatable bonds is 5. The van der Waals surface area contributed by atoms with E-state index in [1.54, 1.807) is 0 Å². The minimum absolute atomic E-state index is 0. The second-order valence-corrected chi connectivity index (χ2v) is 8.12. The van der Waals surface area contributed by atoms with Crippen molar-refractivity contribution < 1.29 is 4.74 Å². The van der Waals surface area contributed by atoms with E-state index in [2.05, 4.69) is 28.7 Å². The molecule has 0 radical (unpaired) electrons. The largest absolute Gasteiger partial charge is 0.373 e. The first-order valence-electron chi connectivity index (χ1n) is 9.21. The second-order valence-electron chi connectivity index (χ2n) is 6.98. The first-order chi connectivity index (χ1) is 11.3. The maximum absolute atomic E-state index is 6.02. The SMILES string of the molecule is CCNC(=NCC1CN2CCCC2CO1)NC1CCC(SC)C1.I. The summed E-state index contributed by atoms with van der Waals surface area (Å²) in [7, 11) is 0. The quantitative estimate of drug-likeness (QED) is 0.369. The Labute approximate surface area is 168 Å². The molecule has 0 aromatic heterocycles. The summed E-state index contributed by atoms with van der Waals surface area (Å²) in [4.78, 5) is 7.39. The molecule has 1 saturated carbocycles. The minimum atomic E-state index is 0. The van der Waals surface area contributed by atoms with Gasteiger partial charge in [0.2, 0.25) is 0 Å². The summed E-state index contributed by atoms with van der Waals surface area (Å²) in [5.41, 5.74) is 0. The molecule has 7 heteroatoms. The molecule has 3 rings (SSSR count). The lowest BCUT2D eigenvalue weighted by molar-refractivity contribution is -0.0432. The van der Waals surface area contributed by atoms with Gasteiger partial charge in [-0.25, -0.2) is 0 Å². The fraction of sp³-hybridized carbons (Fsp3) is 0.941. The van der Waals surface area contributed by atoms with Crippen molar-refractivity contribution in [1.29, 1.82) is 0 Å². The molecular weight excluding hydrogens is 435 g/mol. The molecule has 2 saturated heterocycles. The van der Waals surface area contributed by atoms with Crippen LogP contribution < -0.4 is 10.6 Å². The maximum atomic E-state index is 6.02. The molecule has 0 spiro atoms. The number of thioether (sulfide) groups is 1. The highest BCUT2D eigenvalue weighted by Crippen LogP contribution is 2.28. The molecule has 0 amide bonds. The van der Waals surface area contributed by atoms with Gasteiger partial charge in [-0.3, -0.25) is 9.89 Å². The summed E-state index contributed by atoms with van der Waals surface area (Å²) >= 11 is 2.00. The van der Waals surface area contributed by atoms with Gasteiger partial charge in [-0.05, 0) is 51.8 Å². The smallest absolute Gasteiger partial charge is 0.191 e. The fourth-order valence-electron chi connectivity index (χ4n) is 3.99. The average molecular weight is 468 g/mol. The van der Waals surface area contributed by atoms with Gasteiger partial charge in [0.25, 0.3) is 0 Å². The van der Waals surface area contributed by atoms with Gasteiger partial charge in [-0.2, -0.15) is 11.8 Å². The molecule has 140 valence electrons. The summed E-state index contributed by atoms with van der Waals surface area (Å²) in [6.45, 7) is 6.97. The molecule has 24 heavy (non-hydrogen) atoms. The van der Waals surface area contributed by atoms with Crippen LogP contribution in [-0.4, -0.2) is 73.3 Å². The van der Waals surface area contributed by atoms with Crippen molar-refractivity contribution in [2.24, 2.45) is 4.99 Å². The van der Waals surface area contributed by atoms with Gasteiger partial charge in [0.05, 0.1) is 19.3 Å². The highest BCUT2D eigenvalue weighted by Gasteiger charge is 2.32. The van der Waals surface area contributed by atoms with Crippen molar-refractivity contribution in [3.05, 3.63) is 0 Å². The van der Waals surface area contributed by atoms with Gasteiger partial charge in [-0.15, -0.1) is 24.0 Å². The molecule has 4 unspecified atom stereocenters. The van der Waals surface area contributed by atoms with Crippen molar-refractivity contribution in [3.8, 4) is 0 Å². The van der Waals surface area contributed by atoms with E-state index in [0.717, 1.165) is 37.5 Å². The number of aliphatic imine (C=N–C) groups is 1. The Kier molecular flexibility index (Phi) is 8.94. The van der Waals surface area contributed by atoms with E-state index >= 15 is 0 Å². The number of halogens is 1. The average Bonchev–Trinajstić information content (AvgIpc) is 3.21. The Morgan fingerprint density at radius 3 is 2.96 bits per heavy atom. The van der Waals surface area contributed by atoms with Crippen LogP contribution in [0.2, 0.25) is 0 Å². The first kappa shape index (κ1) is 20.6. The lowest BCUT2D eigenvalue weighted by Crippen LogP contribution is -2.48. The van der Waals surface area contributed by atoms with Crippen molar-refractivity contribution in [2.45, 2.75) is 62.5 Å². The number of morpholine rings is 1. The molecule has 0 bridgehead atoms. The van der Waals surface area contributed by atoms with E-state index in [1.807, 2.05) is 11.8 Å². The summed E-state index contributed by atoms with van der Waals surface area (Å²) < 4.78 is 6.02. The van der Waals surface area contributed by atoms with Gasteiger partial charge >= 0.3 is 0 Å². The van der Waals surface area contributed by atoms with Crippen LogP contribution in [0.3, 0.4) is 0 Å². The normalized spacial score (nSPS) is 33.8. The Morgan fingerprint density at radius 2 is 2.21 bits per heavy atom. The highest BCUT2D eigenvalue weighted by atomic mass is 127. The van der Waals surface area contributed by atoms with Crippen LogP contribution in [0.4, 0.5) is 0 Å². The number of fused-ring (bicyclic) bond motifs is 1. The molecular formula is C17H33IN4OS. The number of hydrogen-bond donors (Lipinski definition) is 2. The van der Waals surface area contributed by atoms with Crippen LogP contribution in [0.15, 0.2) is 4.99 Å². The molecule has 3 aliphatic rings. The summed E-state index contributed by atoms with van der Waals surface area (Å²) in [6, 6.07) is 1.24. The van der Waals surface area contributed by atoms with Gasteiger partial charge in [0.15, 0.2) is 5.96 Å². The first-order valence-corrected chi connectivity index (χ1v) is 10.5. The van der Waals surface area contributed by atoms with Gasteiger partial charge in [-0.1, -0.05) is 0 Å². The number of hydrogen-bond acceptors (Lipinski definition) is 4. The molecule has 1 aliphatic carbocycles. The monoisotopic (exact) mass is 468 g/mol. The molecule has 2 aliphatic heterocycles. The summed E-state index contributed by atoms with van der Waals surface area (Å²) in [5, 5.41) is 7.82. The molecule has 5 nitrogen and oxygen atoms in total. The third kappa shape index (κ3) is 5.64. The van der Waals surface area contributed by atoms with Gasteiger partial charge < -0.3 is 15.4 Å². The Balaban J connectivity index is 0.00000208. The molecule has 4 atom stereocenters. The van der Waals surface area contributed by atoms with Crippen molar-refractivity contribution in [3.63, 3.8) is 0 Å². The Bertz CT molecular complexity index is 412. The van der Waals surface area contributed by atoms with Crippen LogP contribution in [0, 0.1) is 0 Å². The molecule has 2 heterocycles. The predicted octanol–water partition coefficient (Wildman–Crippen LogP) is 2.31. The van der Waals surface area contributed by atoms with Crippen molar-refractivity contribution >= 4 is 41.7 Å². The summed E-state index contributed by atoms with van der Waals surface area (Å²) in [5.74, 6) is 0.964. The molecule has 3 fully saturated rings. The Morgan fingerprint density at radius 1 is 1.33 bits per heavy atom. The van der Waals surface area contributed by atoms with Crippen LogP contribution in [0.5, 0.6) is 0 Å². The summed E-state index contributed by atoms with van der Waals surface area (Å²) in [6.07, 6.45) is 8.93. The lowest BCUT2D eigenvalue weighted by Gasteiger charge is -2.34. The minimum Gasteiger partial charge on any atom is -0.373 e. The predicted molar refractivity (Wildman–Crippen MR) is 114 cm³/mol. The zero-order valence-electron chi connectivity index (χ0n) is 15.0. The maximum Gasteiger partial charge on any atom is 0.191 e. The van der Waals surface area contributed by atoms with Gasteiger partial charge in [0.1, 0.15) is 0 Å². The van der Waals surface area contributed by atoms with E-state index in [1.165, 1.54) is 38.6 Å². The van der Waals surface area contributed by atoms with Crippen LogP contribution in [-0.2, 0) is 4.74 Å². The van der Waals surface area contributed by atoms with E-state index in [4.69, 9.17) is 9.73 Å². The third-order valence-electron chi connectivity index (χ3n) is 5.32. The molecule has 0 aromatic rings. The topological polar surface area (TPSA) is 48.9 Å². The third-order valence-corrected chi connectivity index (χ3v) is 6.41. The number of nitrogens with zero attached hydrogens (tertiary/aromatic N) is 2. The van der Waals surface area contributed by atoms with E-state index in [-0.39, 0.29) is 30.1 Å². The lowest BCUT2D eigenvalue weighted by atomic mass is 10.2. The van der Waals surface area contributed by atoms with E-state index in [9.17, 15) is 0 Å². The fourth-order valence-corrected chi connectivity index (χ4v) is 4.78. The highest BCUT2D eigenvalue weighted by molar-refractivity contribution is 14.0. The van der Waals surface area contributed by atoms with Gasteiger partial charge in [0, 0.05) is 30.4 Å². The standard InChI is InChI=1S/C17H32N4OS.HI/c1-3-18-17(20-13-6-7-16(9-13)23-2)19-10-15-11-21-8-4-5-14(21)12-22-15;/h13-16H,3-12H2,1-2H3,(H2,18,19,20);1H. The van der Waals surface area contributed by atoms with Crippen LogP contribution >= 0.6 is 35.7 Å². The van der Waals surface area contributed by atoms with E-state index in [0.29, 0.717) is 12.1 Å². The van der Waals surface area contributed by atoms with Crippen molar-refractivity contribution in [2.75, 3.05) is 39.0 Å². The van der Waals surface area contributed by atoms with E-state index < -0.39 is 0 Å². The Hall–Kier alpha value is 0.270. The zero-order chi connectivity index (χ0) is 16.1. The number of nitrogens with one attached hydrogen (secondary N) is 2. The van der Waals surface area contributed by atoms with Crippen molar-refractivity contribution in [1.82, 2.24) is 15.5 Å².